The lowest BCUT2D eigenvalue weighted by Crippen LogP contribution is -2.12. The van der Waals surface area contributed by atoms with Gasteiger partial charge in [0.25, 0.3) is 0 Å². The van der Waals surface area contributed by atoms with Gasteiger partial charge in [-0.2, -0.15) is 0 Å². The highest BCUT2D eigenvalue weighted by Crippen LogP contribution is 2.50. The average molecular weight is 334 g/mol. The van der Waals surface area contributed by atoms with Crippen molar-refractivity contribution in [3.8, 4) is 0 Å². The molecular formula is C13H20O6P2. The Morgan fingerprint density at radius 3 is 2.48 bits per heavy atom. The Kier molecular flexibility index (Phi) is 9.27. The van der Waals surface area contributed by atoms with E-state index in [9.17, 15) is 13.9 Å². The topological polar surface area (TPSA) is 89.9 Å². The van der Waals surface area contributed by atoms with Crippen molar-refractivity contribution in [1.82, 2.24) is 0 Å². The molecule has 1 rings (SSSR count). The summed E-state index contributed by atoms with van der Waals surface area (Å²) in [7, 11) is -4.66. The van der Waals surface area contributed by atoms with Gasteiger partial charge in [0.05, 0.1) is 26.2 Å². The first-order valence-corrected chi connectivity index (χ1v) is 10.6. The summed E-state index contributed by atoms with van der Waals surface area (Å²) in [6.07, 6.45) is 0.0781. The molecule has 1 aromatic carbocycles. The monoisotopic (exact) mass is 334 g/mol. The zero-order valence-electron chi connectivity index (χ0n) is 11.6. The molecule has 0 radical (unpaired) electrons. The lowest BCUT2D eigenvalue weighted by atomic mass is 10.4. The molecule has 1 N–H and O–H groups in total. The van der Waals surface area contributed by atoms with Crippen LogP contribution in [-0.4, -0.2) is 43.7 Å². The van der Waals surface area contributed by atoms with Gasteiger partial charge < -0.3 is 23.7 Å². The first-order valence-electron chi connectivity index (χ1n) is 6.62. The number of aliphatic hydroxyl groups excluding tert-OH is 1. The van der Waals surface area contributed by atoms with Gasteiger partial charge in [0.15, 0.2) is 7.49 Å². The van der Waals surface area contributed by atoms with Crippen molar-refractivity contribution in [2.75, 3.05) is 32.6 Å². The van der Waals surface area contributed by atoms with Gasteiger partial charge in [0.2, 0.25) is 0 Å². The molecule has 118 valence electrons. The number of hydrogen-bond acceptors (Lipinski definition) is 6. The number of esters is 1. The van der Waals surface area contributed by atoms with Crippen LogP contribution in [0.2, 0.25) is 0 Å². The van der Waals surface area contributed by atoms with Gasteiger partial charge in [-0.15, -0.1) is 0 Å². The van der Waals surface area contributed by atoms with E-state index in [1.54, 1.807) is 30.3 Å². The van der Waals surface area contributed by atoms with E-state index in [0.29, 0.717) is 5.30 Å². The second-order valence-corrected chi connectivity index (χ2v) is 9.79. The largest absolute Gasteiger partial charge is 0.463 e. The molecule has 0 fully saturated rings. The molecule has 1 aromatic rings. The van der Waals surface area contributed by atoms with E-state index in [1.165, 1.54) is 0 Å². The summed E-state index contributed by atoms with van der Waals surface area (Å²) in [4.78, 5) is 11.4. The zero-order valence-corrected chi connectivity index (χ0v) is 13.6. The van der Waals surface area contributed by atoms with Gasteiger partial charge in [0, 0.05) is 11.5 Å². The number of ether oxygens (including phenoxy) is 2. The third-order valence-electron chi connectivity index (χ3n) is 2.57. The van der Waals surface area contributed by atoms with E-state index >= 15 is 0 Å². The Bertz CT molecular complexity index is 477. The molecule has 0 saturated carbocycles. The summed E-state index contributed by atoms with van der Waals surface area (Å²) in [6, 6.07) is 8.65. The van der Waals surface area contributed by atoms with Gasteiger partial charge in [-0.1, -0.05) is 30.3 Å². The number of carbonyl (C=O) groups excluding carboxylic acids is 1. The van der Waals surface area contributed by atoms with E-state index in [2.05, 4.69) is 0 Å². The van der Waals surface area contributed by atoms with Gasteiger partial charge >= 0.3 is 5.97 Å². The number of benzene rings is 1. The highest BCUT2D eigenvalue weighted by Gasteiger charge is 2.14. The number of carbonyl (C=O) groups is 1. The smallest absolute Gasteiger partial charge is 0.306 e. The maximum atomic E-state index is 12.0. The summed E-state index contributed by atoms with van der Waals surface area (Å²) in [5.74, 6) is -0.483. The Morgan fingerprint density at radius 2 is 1.81 bits per heavy atom. The van der Waals surface area contributed by atoms with Crippen LogP contribution in [0.25, 0.3) is 0 Å². The number of aliphatic hydroxyl groups is 1. The minimum absolute atomic E-state index is 0.0129. The van der Waals surface area contributed by atoms with Crippen LogP contribution in [0.1, 0.15) is 6.42 Å². The number of hydrogen-bond donors (Lipinski definition) is 1. The van der Waals surface area contributed by atoms with Crippen LogP contribution in [-0.2, 0) is 23.4 Å². The van der Waals surface area contributed by atoms with E-state index < -0.39 is 20.9 Å². The summed E-state index contributed by atoms with van der Waals surface area (Å²) >= 11 is 0. The van der Waals surface area contributed by atoms with Crippen molar-refractivity contribution in [3.05, 3.63) is 30.3 Å². The molecule has 0 amide bonds. The molecule has 2 atom stereocenters. The highest BCUT2D eigenvalue weighted by molar-refractivity contribution is 8.21. The van der Waals surface area contributed by atoms with Crippen molar-refractivity contribution in [1.29, 1.82) is 0 Å². The van der Waals surface area contributed by atoms with Crippen LogP contribution < -0.4 is 5.30 Å². The minimum Gasteiger partial charge on any atom is -0.463 e. The summed E-state index contributed by atoms with van der Waals surface area (Å²) in [5, 5.41) is 9.06. The molecule has 6 nitrogen and oxygen atoms in total. The Labute approximate surface area is 124 Å². The summed E-state index contributed by atoms with van der Waals surface area (Å²) in [5.41, 5.74) is 0. The Morgan fingerprint density at radius 1 is 1.10 bits per heavy atom. The maximum Gasteiger partial charge on any atom is 0.306 e. The molecule has 0 saturated heterocycles. The fourth-order valence-electron chi connectivity index (χ4n) is 1.53. The normalized spacial score (nSPS) is 13.6. The first-order chi connectivity index (χ1) is 10.1. The molecule has 21 heavy (non-hydrogen) atoms. The van der Waals surface area contributed by atoms with Gasteiger partial charge in [-0.25, -0.2) is 0 Å². The second kappa shape index (κ2) is 10.7. The van der Waals surface area contributed by atoms with Crippen LogP contribution in [0, 0.1) is 0 Å². The third kappa shape index (κ3) is 7.58. The van der Waals surface area contributed by atoms with Gasteiger partial charge in [-0.3, -0.25) is 4.79 Å². The third-order valence-corrected chi connectivity index (χ3v) is 7.78. The highest BCUT2D eigenvalue weighted by atomic mass is 32.1. The predicted molar refractivity (Wildman–Crippen MR) is 82.4 cm³/mol. The SMILES string of the molecule is O=C(CC[PH](=O)[PH](=O)c1ccccc1)OCCOCCO. The molecule has 0 heterocycles. The maximum absolute atomic E-state index is 12.0. The minimum atomic E-state index is -2.34. The van der Waals surface area contributed by atoms with Crippen molar-refractivity contribution >= 4 is 26.3 Å². The van der Waals surface area contributed by atoms with E-state index in [0.717, 1.165) is 0 Å². The lowest BCUT2D eigenvalue weighted by Gasteiger charge is -2.06. The first kappa shape index (κ1) is 18.1. The van der Waals surface area contributed by atoms with Crippen molar-refractivity contribution in [2.45, 2.75) is 6.42 Å². The fraction of sp³-hybridized carbons (Fsp3) is 0.462. The van der Waals surface area contributed by atoms with Crippen LogP contribution >= 0.6 is 15.0 Å². The van der Waals surface area contributed by atoms with Gasteiger partial charge in [-0.05, 0) is 0 Å². The molecule has 0 aliphatic rings. The summed E-state index contributed by atoms with van der Waals surface area (Å²) < 4.78 is 33.7. The Balaban J connectivity index is 2.23. The lowest BCUT2D eigenvalue weighted by molar-refractivity contribution is -0.144. The zero-order chi connectivity index (χ0) is 15.5. The molecule has 2 unspecified atom stereocenters. The predicted octanol–water partition coefficient (Wildman–Crippen LogP) is 1.29. The Hall–Kier alpha value is -0.930. The molecule has 0 aliphatic carbocycles. The van der Waals surface area contributed by atoms with Crippen molar-refractivity contribution in [3.63, 3.8) is 0 Å². The number of rotatable bonds is 10. The quantitative estimate of drug-likeness (QED) is 0.394. The second-order valence-electron chi connectivity index (χ2n) is 4.17. The van der Waals surface area contributed by atoms with Crippen LogP contribution in [0.3, 0.4) is 0 Å². The van der Waals surface area contributed by atoms with E-state index in [-0.39, 0.29) is 39.0 Å². The molecule has 0 spiro atoms. The molecule has 8 heteroatoms. The molecular weight excluding hydrogens is 314 g/mol. The van der Waals surface area contributed by atoms with Gasteiger partial charge in [0.1, 0.15) is 14.1 Å². The standard InChI is InChI=1S/C13H20O6P2/c14-7-8-18-9-10-19-13(15)6-11-20(16)21(17)12-4-2-1-3-5-12/h1-5,14,20-21H,6-11H2. The molecule has 0 aromatic heterocycles. The fourth-order valence-corrected chi connectivity index (χ4v) is 5.53. The summed E-state index contributed by atoms with van der Waals surface area (Å²) in [6.45, 7) is 0.420. The van der Waals surface area contributed by atoms with E-state index in [1.807, 2.05) is 0 Å². The molecule has 0 aliphatic heterocycles. The van der Waals surface area contributed by atoms with Crippen LogP contribution in [0.4, 0.5) is 0 Å². The van der Waals surface area contributed by atoms with Crippen LogP contribution in [0.5, 0.6) is 0 Å². The van der Waals surface area contributed by atoms with E-state index in [4.69, 9.17) is 14.6 Å². The van der Waals surface area contributed by atoms with Crippen molar-refractivity contribution in [2.24, 2.45) is 0 Å². The molecule has 0 bridgehead atoms. The average Bonchev–Trinajstić information content (AvgIpc) is 2.52. The van der Waals surface area contributed by atoms with Crippen LogP contribution in [0.15, 0.2) is 30.3 Å². The van der Waals surface area contributed by atoms with Crippen molar-refractivity contribution < 1.29 is 28.5 Å².